The van der Waals surface area contributed by atoms with Crippen LogP contribution in [-0.2, 0) is 0 Å². The molecule has 1 fully saturated rings. The average molecular weight is 187 g/mol. The van der Waals surface area contributed by atoms with Crippen LogP contribution in [0.5, 0.6) is 0 Å². The van der Waals surface area contributed by atoms with Gasteiger partial charge in [0, 0.05) is 0 Å². The van der Waals surface area contributed by atoms with E-state index in [2.05, 4.69) is 38.1 Å². The fourth-order valence-electron chi connectivity index (χ4n) is 2.39. The van der Waals surface area contributed by atoms with Crippen molar-refractivity contribution < 1.29 is 0 Å². The highest BCUT2D eigenvalue weighted by molar-refractivity contribution is 5.19. The highest BCUT2D eigenvalue weighted by Gasteiger charge is 2.27. The quantitative estimate of drug-likeness (QED) is 0.619. The van der Waals surface area contributed by atoms with E-state index in [1.54, 1.807) is 0 Å². The Bertz CT molecular complexity index is 274. The smallest absolute Gasteiger partial charge is 0.0161 e. The summed E-state index contributed by atoms with van der Waals surface area (Å²) < 4.78 is 0. The van der Waals surface area contributed by atoms with Crippen LogP contribution in [0.2, 0.25) is 0 Å². The summed E-state index contributed by atoms with van der Waals surface area (Å²) in [6, 6.07) is 11.7. The first-order chi connectivity index (χ1) is 6.67. The molecule has 1 aromatic rings. The van der Waals surface area contributed by atoms with E-state index in [0.29, 0.717) is 5.41 Å². The highest BCUT2D eigenvalue weighted by atomic mass is 14.3. The van der Waals surface area contributed by atoms with E-state index in [-0.39, 0.29) is 0 Å². The second-order valence-electron chi connectivity index (χ2n) is 5.28. The third kappa shape index (κ3) is 2.17. The highest BCUT2D eigenvalue weighted by Crippen LogP contribution is 2.42. The summed E-state index contributed by atoms with van der Waals surface area (Å²) in [5.74, 6) is 0.792. The van der Waals surface area contributed by atoms with Gasteiger partial charge in [0.1, 0.15) is 0 Å². The van der Waals surface area contributed by atoms with Gasteiger partial charge in [-0.15, -0.1) is 0 Å². The maximum atomic E-state index is 3.18. The van der Waals surface area contributed by atoms with Crippen molar-refractivity contribution in [2.75, 3.05) is 0 Å². The molecule has 0 nitrogen and oxygen atoms in total. The molecule has 1 aliphatic carbocycles. The minimum atomic E-state index is 0.578. The lowest BCUT2D eigenvalue weighted by molar-refractivity contribution is 0.224. The number of rotatable bonds is 1. The van der Waals surface area contributed by atoms with E-state index in [1.807, 2.05) is 6.07 Å². The van der Waals surface area contributed by atoms with Gasteiger partial charge in [0.05, 0.1) is 0 Å². The topological polar surface area (TPSA) is 0 Å². The summed E-state index contributed by atoms with van der Waals surface area (Å²) in [5, 5.41) is 0. The molecule has 0 aromatic heterocycles. The Morgan fingerprint density at radius 1 is 1.29 bits per heavy atom. The molecule has 0 saturated heterocycles. The summed E-state index contributed by atoms with van der Waals surface area (Å²) in [7, 11) is 0. The Balaban J connectivity index is 2.03. The normalized spacial score (nSPS) is 22.1. The van der Waals surface area contributed by atoms with Crippen LogP contribution >= 0.6 is 0 Å². The van der Waals surface area contributed by atoms with E-state index in [9.17, 15) is 0 Å². The maximum Gasteiger partial charge on any atom is -0.0161 e. The van der Waals surface area contributed by atoms with Gasteiger partial charge in [-0.2, -0.15) is 0 Å². The van der Waals surface area contributed by atoms with Gasteiger partial charge in [-0.3, -0.25) is 0 Å². The van der Waals surface area contributed by atoms with Crippen LogP contribution in [0.1, 0.15) is 51.0 Å². The van der Waals surface area contributed by atoms with Crippen molar-refractivity contribution in [2.45, 2.75) is 45.4 Å². The molecule has 0 spiro atoms. The zero-order valence-electron chi connectivity index (χ0n) is 9.22. The predicted molar refractivity (Wildman–Crippen MR) is 60.3 cm³/mol. The van der Waals surface area contributed by atoms with Crippen LogP contribution in [0.3, 0.4) is 0 Å². The van der Waals surface area contributed by atoms with Crippen LogP contribution in [0.15, 0.2) is 24.3 Å². The molecule has 1 aliphatic rings. The zero-order valence-corrected chi connectivity index (χ0v) is 9.22. The van der Waals surface area contributed by atoms with E-state index in [0.717, 1.165) is 5.92 Å². The van der Waals surface area contributed by atoms with Gasteiger partial charge in [-0.05, 0) is 48.6 Å². The summed E-state index contributed by atoms with van der Waals surface area (Å²) in [6.07, 6.45) is 5.44. The van der Waals surface area contributed by atoms with E-state index >= 15 is 0 Å². The molecule has 0 unspecified atom stereocenters. The van der Waals surface area contributed by atoms with E-state index < -0.39 is 0 Å². The Kier molecular flexibility index (Phi) is 2.62. The number of hydrogen-bond acceptors (Lipinski definition) is 0. The summed E-state index contributed by atoms with van der Waals surface area (Å²) >= 11 is 0. The van der Waals surface area contributed by atoms with Crippen LogP contribution in [0.4, 0.5) is 0 Å². The Hall–Kier alpha value is -0.780. The first-order valence-corrected chi connectivity index (χ1v) is 5.63. The van der Waals surface area contributed by atoms with E-state index in [4.69, 9.17) is 0 Å². The largest absolute Gasteiger partial charge is 0.0614 e. The second-order valence-corrected chi connectivity index (χ2v) is 5.28. The molecule has 75 valence electrons. The molecule has 1 radical (unpaired) electrons. The third-order valence-corrected chi connectivity index (χ3v) is 3.54. The molecule has 14 heavy (non-hydrogen) atoms. The van der Waals surface area contributed by atoms with Crippen LogP contribution < -0.4 is 0 Å². The lowest BCUT2D eigenvalue weighted by Gasteiger charge is -2.34. The van der Waals surface area contributed by atoms with Crippen LogP contribution in [-0.4, -0.2) is 0 Å². The molecule has 0 bridgehead atoms. The van der Waals surface area contributed by atoms with Crippen LogP contribution in [0.25, 0.3) is 0 Å². The van der Waals surface area contributed by atoms with Gasteiger partial charge < -0.3 is 0 Å². The summed E-state index contributed by atoms with van der Waals surface area (Å²) in [5.41, 5.74) is 2.07. The number of benzene rings is 1. The Morgan fingerprint density at radius 3 is 2.57 bits per heavy atom. The van der Waals surface area contributed by atoms with Crippen molar-refractivity contribution >= 4 is 0 Å². The molecule has 0 heteroatoms. The lowest BCUT2D eigenvalue weighted by Crippen LogP contribution is -2.20. The number of hydrogen-bond donors (Lipinski definition) is 0. The fourth-order valence-corrected chi connectivity index (χ4v) is 2.39. The van der Waals surface area contributed by atoms with Gasteiger partial charge >= 0.3 is 0 Å². The molecular formula is C14H19. The zero-order chi connectivity index (χ0) is 10.0. The summed E-state index contributed by atoms with van der Waals surface area (Å²) in [4.78, 5) is 0. The van der Waals surface area contributed by atoms with Gasteiger partial charge in [-0.25, -0.2) is 0 Å². The monoisotopic (exact) mass is 187 g/mol. The molecule has 0 atom stereocenters. The van der Waals surface area contributed by atoms with Crippen molar-refractivity contribution in [2.24, 2.45) is 5.41 Å². The lowest BCUT2D eigenvalue weighted by atomic mass is 9.71. The Morgan fingerprint density at radius 2 is 2.00 bits per heavy atom. The average Bonchev–Trinajstić information content (AvgIpc) is 2.19. The summed E-state index contributed by atoms with van der Waals surface area (Å²) in [6.45, 7) is 4.78. The van der Waals surface area contributed by atoms with Gasteiger partial charge in [0.25, 0.3) is 0 Å². The third-order valence-electron chi connectivity index (χ3n) is 3.54. The van der Waals surface area contributed by atoms with E-state index in [1.165, 1.54) is 31.2 Å². The van der Waals surface area contributed by atoms with Gasteiger partial charge in [0.2, 0.25) is 0 Å². The minimum absolute atomic E-state index is 0.578. The minimum Gasteiger partial charge on any atom is -0.0614 e. The van der Waals surface area contributed by atoms with Gasteiger partial charge in [0.15, 0.2) is 0 Å². The predicted octanol–water partition coefficient (Wildman–Crippen LogP) is 4.17. The molecule has 0 amide bonds. The van der Waals surface area contributed by atoms with Crippen molar-refractivity contribution in [1.29, 1.82) is 0 Å². The SMILES string of the molecule is CC1(C)CCC(c2c[c]ccc2)CC1. The van der Waals surface area contributed by atoms with Crippen molar-refractivity contribution in [3.05, 3.63) is 35.9 Å². The first kappa shape index (κ1) is 9.76. The standard InChI is InChI=1S/C14H19/c1-14(2)10-8-13(9-11-14)12-6-4-3-5-7-12/h3-4,6-7,13H,8-11H2,1-2H3. The molecule has 1 saturated carbocycles. The second kappa shape index (κ2) is 3.76. The van der Waals surface area contributed by atoms with Crippen molar-refractivity contribution in [1.82, 2.24) is 0 Å². The molecular weight excluding hydrogens is 168 g/mol. The van der Waals surface area contributed by atoms with Crippen molar-refractivity contribution in [3.8, 4) is 0 Å². The molecule has 0 N–H and O–H groups in total. The molecule has 0 aliphatic heterocycles. The first-order valence-electron chi connectivity index (χ1n) is 5.63. The van der Waals surface area contributed by atoms with Crippen molar-refractivity contribution in [3.63, 3.8) is 0 Å². The molecule has 0 heterocycles. The van der Waals surface area contributed by atoms with Crippen LogP contribution in [0, 0.1) is 11.5 Å². The molecule has 1 aromatic carbocycles. The Labute approximate surface area is 87.3 Å². The fraction of sp³-hybridized carbons (Fsp3) is 0.571. The molecule has 2 rings (SSSR count). The maximum absolute atomic E-state index is 3.18. The van der Waals surface area contributed by atoms with Gasteiger partial charge in [-0.1, -0.05) is 38.1 Å².